The molecule has 0 amide bonds. The van der Waals surface area contributed by atoms with Crippen LogP contribution in [-0.2, 0) is 13.1 Å². The van der Waals surface area contributed by atoms with Crippen LogP contribution < -0.4 is 10.6 Å². The molecule has 0 spiro atoms. The van der Waals surface area contributed by atoms with Crippen LogP contribution in [0.3, 0.4) is 0 Å². The SMILES string of the molecule is CCNC(=NCc1ccc(Cl)cc1Cl)NCc1nncn1-c1ccccc1. The Morgan fingerprint density at radius 1 is 1.11 bits per heavy atom. The van der Waals surface area contributed by atoms with Crippen molar-refractivity contribution in [3.05, 3.63) is 76.3 Å². The maximum Gasteiger partial charge on any atom is 0.191 e. The second-order valence-electron chi connectivity index (χ2n) is 5.74. The molecule has 0 atom stereocenters. The number of nitrogens with one attached hydrogen (secondary N) is 2. The minimum Gasteiger partial charge on any atom is -0.357 e. The van der Waals surface area contributed by atoms with Gasteiger partial charge in [0.2, 0.25) is 0 Å². The monoisotopic (exact) mass is 402 g/mol. The summed E-state index contributed by atoms with van der Waals surface area (Å²) in [5.41, 5.74) is 1.92. The highest BCUT2D eigenvalue weighted by Gasteiger charge is 2.08. The fourth-order valence-corrected chi connectivity index (χ4v) is 2.97. The van der Waals surface area contributed by atoms with E-state index in [0.29, 0.717) is 29.1 Å². The van der Waals surface area contributed by atoms with Gasteiger partial charge >= 0.3 is 0 Å². The highest BCUT2D eigenvalue weighted by atomic mass is 35.5. The Hall–Kier alpha value is -2.57. The van der Waals surface area contributed by atoms with Crippen LogP contribution in [-0.4, -0.2) is 27.3 Å². The lowest BCUT2D eigenvalue weighted by Crippen LogP contribution is -2.37. The lowest BCUT2D eigenvalue weighted by Gasteiger charge is -2.12. The van der Waals surface area contributed by atoms with Crippen LogP contribution in [0.25, 0.3) is 5.69 Å². The van der Waals surface area contributed by atoms with E-state index in [1.165, 1.54) is 0 Å². The number of hydrogen-bond acceptors (Lipinski definition) is 3. The van der Waals surface area contributed by atoms with Crippen molar-refractivity contribution in [3.8, 4) is 5.69 Å². The highest BCUT2D eigenvalue weighted by molar-refractivity contribution is 6.35. The van der Waals surface area contributed by atoms with Gasteiger partial charge in [-0.2, -0.15) is 0 Å². The van der Waals surface area contributed by atoms with E-state index in [-0.39, 0.29) is 0 Å². The van der Waals surface area contributed by atoms with E-state index in [9.17, 15) is 0 Å². The molecule has 3 rings (SSSR count). The molecule has 8 heteroatoms. The third-order valence-corrected chi connectivity index (χ3v) is 4.42. The highest BCUT2D eigenvalue weighted by Crippen LogP contribution is 2.21. The van der Waals surface area contributed by atoms with Crippen molar-refractivity contribution in [1.82, 2.24) is 25.4 Å². The first-order valence-corrected chi connectivity index (χ1v) is 9.33. The van der Waals surface area contributed by atoms with Crippen molar-refractivity contribution in [2.24, 2.45) is 4.99 Å². The molecule has 0 saturated heterocycles. The van der Waals surface area contributed by atoms with E-state index >= 15 is 0 Å². The average molecular weight is 403 g/mol. The molecule has 1 heterocycles. The Morgan fingerprint density at radius 2 is 1.93 bits per heavy atom. The molecule has 0 aliphatic rings. The number of nitrogens with zero attached hydrogens (tertiary/aromatic N) is 4. The van der Waals surface area contributed by atoms with Gasteiger partial charge in [-0.25, -0.2) is 4.99 Å². The van der Waals surface area contributed by atoms with Gasteiger partial charge in [0.25, 0.3) is 0 Å². The molecule has 3 aromatic rings. The zero-order valence-corrected chi connectivity index (χ0v) is 16.4. The first-order chi connectivity index (χ1) is 13.2. The predicted octanol–water partition coefficient (Wildman–Crippen LogP) is 3.83. The topological polar surface area (TPSA) is 67.1 Å². The van der Waals surface area contributed by atoms with Crippen LogP contribution in [0.1, 0.15) is 18.3 Å². The van der Waals surface area contributed by atoms with Gasteiger partial charge in [0.05, 0.1) is 13.1 Å². The van der Waals surface area contributed by atoms with Gasteiger partial charge in [-0.1, -0.05) is 47.5 Å². The van der Waals surface area contributed by atoms with E-state index in [1.54, 1.807) is 18.5 Å². The van der Waals surface area contributed by atoms with E-state index in [2.05, 4.69) is 25.8 Å². The lowest BCUT2D eigenvalue weighted by atomic mass is 10.2. The molecular formula is C19H20Cl2N6. The standard InChI is InChI=1S/C19H20Cl2N6/c1-2-22-19(23-11-14-8-9-15(20)10-17(14)21)24-12-18-26-25-13-27(18)16-6-4-3-5-7-16/h3-10,13H,2,11-12H2,1H3,(H2,22,23,24). The number of para-hydroxylation sites is 1. The van der Waals surface area contributed by atoms with Crippen molar-refractivity contribution >= 4 is 29.2 Å². The summed E-state index contributed by atoms with van der Waals surface area (Å²) >= 11 is 12.2. The number of aromatic nitrogens is 3. The normalized spacial score (nSPS) is 11.4. The molecule has 0 fully saturated rings. The Bertz CT molecular complexity index is 908. The molecule has 0 aliphatic heterocycles. The van der Waals surface area contributed by atoms with Gasteiger partial charge in [-0.05, 0) is 36.8 Å². The Labute approximate surface area is 168 Å². The summed E-state index contributed by atoms with van der Waals surface area (Å²) in [5, 5.41) is 15.9. The minimum atomic E-state index is 0.441. The summed E-state index contributed by atoms with van der Waals surface area (Å²) in [5.74, 6) is 1.46. The Kier molecular flexibility index (Phi) is 6.68. The minimum absolute atomic E-state index is 0.441. The quantitative estimate of drug-likeness (QED) is 0.485. The fraction of sp³-hybridized carbons (Fsp3) is 0.211. The van der Waals surface area contributed by atoms with E-state index in [4.69, 9.17) is 23.2 Å². The fourth-order valence-electron chi connectivity index (χ4n) is 2.50. The van der Waals surface area contributed by atoms with Gasteiger partial charge in [-0.3, -0.25) is 4.57 Å². The second-order valence-corrected chi connectivity index (χ2v) is 6.58. The largest absolute Gasteiger partial charge is 0.357 e. The number of hydrogen-bond donors (Lipinski definition) is 2. The van der Waals surface area contributed by atoms with Crippen molar-refractivity contribution < 1.29 is 0 Å². The van der Waals surface area contributed by atoms with Crippen LogP contribution in [0.2, 0.25) is 10.0 Å². The third-order valence-electron chi connectivity index (χ3n) is 3.83. The summed E-state index contributed by atoms with van der Waals surface area (Å²) in [7, 11) is 0. The maximum atomic E-state index is 6.22. The number of rotatable bonds is 6. The van der Waals surface area contributed by atoms with E-state index in [1.807, 2.05) is 47.9 Å². The number of aliphatic imine (C=N–C) groups is 1. The molecule has 6 nitrogen and oxygen atoms in total. The molecule has 0 aliphatic carbocycles. The summed E-state index contributed by atoms with van der Waals surface area (Å²) in [4.78, 5) is 4.59. The Morgan fingerprint density at radius 3 is 2.67 bits per heavy atom. The number of halogens is 2. The molecule has 0 bridgehead atoms. The summed E-state index contributed by atoms with van der Waals surface area (Å²) < 4.78 is 1.94. The van der Waals surface area contributed by atoms with Crippen molar-refractivity contribution in [2.45, 2.75) is 20.0 Å². The van der Waals surface area contributed by atoms with Crippen molar-refractivity contribution in [2.75, 3.05) is 6.54 Å². The van der Waals surface area contributed by atoms with Crippen LogP contribution in [0.4, 0.5) is 0 Å². The van der Waals surface area contributed by atoms with Crippen molar-refractivity contribution in [3.63, 3.8) is 0 Å². The summed E-state index contributed by atoms with van der Waals surface area (Å²) in [6, 6.07) is 15.4. The molecule has 2 aromatic carbocycles. The van der Waals surface area contributed by atoms with Crippen LogP contribution in [0.15, 0.2) is 59.9 Å². The van der Waals surface area contributed by atoms with Gasteiger partial charge < -0.3 is 10.6 Å². The maximum absolute atomic E-state index is 6.22. The molecule has 0 saturated carbocycles. The molecule has 2 N–H and O–H groups in total. The van der Waals surface area contributed by atoms with Gasteiger partial charge in [0, 0.05) is 22.3 Å². The molecule has 0 unspecified atom stereocenters. The van der Waals surface area contributed by atoms with Crippen molar-refractivity contribution in [1.29, 1.82) is 0 Å². The van der Waals surface area contributed by atoms with Crippen LogP contribution in [0.5, 0.6) is 0 Å². The lowest BCUT2D eigenvalue weighted by molar-refractivity contribution is 0.756. The van der Waals surface area contributed by atoms with Crippen LogP contribution >= 0.6 is 23.2 Å². The summed E-state index contributed by atoms with van der Waals surface area (Å²) in [6.45, 7) is 3.68. The second kappa shape index (κ2) is 9.39. The number of guanidine groups is 1. The smallest absolute Gasteiger partial charge is 0.191 e. The third kappa shape index (κ3) is 5.21. The van der Waals surface area contributed by atoms with E-state index < -0.39 is 0 Å². The molecule has 0 radical (unpaired) electrons. The molecular weight excluding hydrogens is 383 g/mol. The average Bonchev–Trinajstić information content (AvgIpc) is 3.14. The molecule has 1 aromatic heterocycles. The predicted molar refractivity (Wildman–Crippen MR) is 109 cm³/mol. The first kappa shape index (κ1) is 19.2. The molecule has 140 valence electrons. The first-order valence-electron chi connectivity index (χ1n) is 8.58. The van der Waals surface area contributed by atoms with Crippen LogP contribution in [0, 0.1) is 0 Å². The zero-order valence-electron chi connectivity index (χ0n) is 14.9. The van der Waals surface area contributed by atoms with Gasteiger partial charge in [0.1, 0.15) is 6.33 Å². The zero-order chi connectivity index (χ0) is 19.1. The molecule has 27 heavy (non-hydrogen) atoms. The van der Waals surface area contributed by atoms with E-state index in [0.717, 1.165) is 23.6 Å². The summed E-state index contributed by atoms with van der Waals surface area (Å²) in [6.07, 6.45) is 1.70. The number of benzene rings is 2. The van der Waals surface area contributed by atoms with Gasteiger partial charge in [0.15, 0.2) is 11.8 Å². The Balaban J connectivity index is 1.69. The van der Waals surface area contributed by atoms with Gasteiger partial charge in [-0.15, -0.1) is 10.2 Å².